The van der Waals surface area contributed by atoms with Crippen LogP contribution in [0.15, 0.2) is 30.9 Å². The van der Waals surface area contributed by atoms with E-state index in [1.807, 2.05) is 0 Å². The summed E-state index contributed by atoms with van der Waals surface area (Å²) >= 11 is 0. The van der Waals surface area contributed by atoms with Crippen LogP contribution in [0, 0.1) is 11.6 Å². The first-order valence-corrected chi connectivity index (χ1v) is 6.33. The van der Waals surface area contributed by atoms with E-state index in [-0.39, 0.29) is 25.3 Å². The zero-order valence-electron chi connectivity index (χ0n) is 10.9. The smallest absolute Gasteiger partial charge is 0.218 e. The molecule has 1 fully saturated rings. The molecule has 0 aliphatic carbocycles. The van der Waals surface area contributed by atoms with Crippen molar-refractivity contribution >= 4 is 0 Å². The zero-order valence-corrected chi connectivity index (χ0v) is 10.9. The molecule has 2 atom stereocenters. The van der Waals surface area contributed by atoms with Crippen molar-refractivity contribution in [1.82, 2.24) is 14.8 Å². The first-order valence-electron chi connectivity index (χ1n) is 6.33. The summed E-state index contributed by atoms with van der Waals surface area (Å²) in [6, 6.07) is 3.15. The Labute approximate surface area is 118 Å². The van der Waals surface area contributed by atoms with Gasteiger partial charge in [0.05, 0.1) is 13.2 Å². The number of rotatable bonds is 4. The van der Waals surface area contributed by atoms with Gasteiger partial charge >= 0.3 is 0 Å². The van der Waals surface area contributed by atoms with Crippen LogP contribution in [0.5, 0.6) is 0 Å². The van der Waals surface area contributed by atoms with Crippen molar-refractivity contribution in [3.05, 3.63) is 48.1 Å². The van der Waals surface area contributed by atoms with Crippen LogP contribution in [0.3, 0.4) is 0 Å². The molecular weight excluding hydrogens is 284 g/mol. The van der Waals surface area contributed by atoms with Crippen LogP contribution in [0.4, 0.5) is 8.78 Å². The van der Waals surface area contributed by atoms with E-state index >= 15 is 0 Å². The molecule has 3 rings (SSSR count). The van der Waals surface area contributed by atoms with E-state index < -0.39 is 23.5 Å². The monoisotopic (exact) mass is 297 g/mol. The standard InChI is InChI=1S/C13H13F2N3O3/c14-9-1-2-11(12(15)3-9)13(6-18-8-16-7-17-18)20-5-10(4-19)21-13/h1-3,7-8,10,19H,4-6H2/t10?,13-/m0/s1. The van der Waals surface area contributed by atoms with Gasteiger partial charge in [-0.2, -0.15) is 5.10 Å². The molecule has 1 aromatic carbocycles. The van der Waals surface area contributed by atoms with Gasteiger partial charge in [0.2, 0.25) is 5.79 Å². The van der Waals surface area contributed by atoms with Crippen LogP contribution in [0.2, 0.25) is 0 Å². The summed E-state index contributed by atoms with van der Waals surface area (Å²) in [5.41, 5.74) is 0.0513. The minimum Gasteiger partial charge on any atom is -0.394 e. The Morgan fingerprint density at radius 1 is 1.43 bits per heavy atom. The number of nitrogens with zero attached hydrogens (tertiary/aromatic N) is 3. The number of aliphatic hydroxyl groups excluding tert-OH is 1. The SMILES string of the molecule is OCC1CO[C@](Cn2cncn2)(c2ccc(F)cc2F)O1. The highest BCUT2D eigenvalue weighted by Gasteiger charge is 2.45. The fourth-order valence-corrected chi connectivity index (χ4v) is 2.29. The average Bonchev–Trinajstić information content (AvgIpc) is 3.09. The second-order valence-electron chi connectivity index (χ2n) is 4.70. The highest BCUT2D eigenvalue weighted by Crippen LogP contribution is 2.37. The van der Waals surface area contributed by atoms with E-state index in [4.69, 9.17) is 9.47 Å². The minimum absolute atomic E-state index is 0.0338. The molecule has 0 radical (unpaired) electrons. The van der Waals surface area contributed by atoms with E-state index in [9.17, 15) is 13.9 Å². The molecule has 6 nitrogen and oxygen atoms in total. The molecule has 1 aromatic heterocycles. The molecule has 1 aliphatic heterocycles. The highest BCUT2D eigenvalue weighted by molar-refractivity contribution is 5.24. The molecule has 112 valence electrons. The normalized spacial score (nSPS) is 25.4. The van der Waals surface area contributed by atoms with Gasteiger partial charge in [-0.15, -0.1) is 0 Å². The van der Waals surface area contributed by atoms with Gasteiger partial charge < -0.3 is 14.6 Å². The fraction of sp³-hybridized carbons (Fsp3) is 0.385. The van der Waals surface area contributed by atoms with E-state index in [1.165, 1.54) is 23.4 Å². The van der Waals surface area contributed by atoms with Gasteiger partial charge in [-0.25, -0.2) is 18.4 Å². The largest absolute Gasteiger partial charge is 0.394 e. The predicted octanol–water partition coefficient (Wildman–Crippen LogP) is 0.817. The van der Waals surface area contributed by atoms with Gasteiger partial charge in [0.15, 0.2) is 0 Å². The zero-order chi connectivity index (χ0) is 14.9. The van der Waals surface area contributed by atoms with Crippen LogP contribution < -0.4 is 0 Å². The second kappa shape index (κ2) is 5.47. The number of ether oxygens (including phenoxy) is 2. The molecular formula is C13H13F2N3O3. The Morgan fingerprint density at radius 3 is 2.90 bits per heavy atom. The van der Waals surface area contributed by atoms with Crippen molar-refractivity contribution in [2.75, 3.05) is 13.2 Å². The van der Waals surface area contributed by atoms with Gasteiger partial charge in [-0.1, -0.05) is 0 Å². The molecule has 1 saturated heterocycles. The molecule has 0 amide bonds. The highest BCUT2D eigenvalue weighted by atomic mass is 19.1. The molecule has 0 spiro atoms. The summed E-state index contributed by atoms with van der Waals surface area (Å²) in [6.45, 7) is -0.129. The van der Waals surface area contributed by atoms with Gasteiger partial charge in [0, 0.05) is 11.6 Å². The molecule has 2 aromatic rings. The number of hydrogen-bond donors (Lipinski definition) is 1. The molecule has 0 bridgehead atoms. The van der Waals surface area contributed by atoms with E-state index in [1.54, 1.807) is 0 Å². The van der Waals surface area contributed by atoms with Crippen molar-refractivity contribution in [2.24, 2.45) is 0 Å². The fourth-order valence-electron chi connectivity index (χ4n) is 2.29. The lowest BCUT2D eigenvalue weighted by atomic mass is 10.0. The lowest BCUT2D eigenvalue weighted by Crippen LogP contribution is -2.35. The second-order valence-corrected chi connectivity index (χ2v) is 4.70. The summed E-state index contributed by atoms with van der Waals surface area (Å²) in [6.07, 6.45) is 2.17. The Hall–Kier alpha value is -1.90. The minimum atomic E-state index is -1.47. The summed E-state index contributed by atoms with van der Waals surface area (Å²) in [7, 11) is 0. The van der Waals surface area contributed by atoms with Crippen LogP contribution in [0.25, 0.3) is 0 Å². The number of halogens is 2. The predicted molar refractivity (Wildman–Crippen MR) is 66.0 cm³/mol. The maximum Gasteiger partial charge on any atom is 0.218 e. The number of benzene rings is 1. The first kappa shape index (κ1) is 14.1. The molecule has 0 saturated carbocycles. The Morgan fingerprint density at radius 2 is 2.29 bits per heavy atom. The summed E-state index contributed by atoms with van der Waals surface area (Å²) < 4.78 is 39.9. The van der Waals surface area contributed by atoms with E-state index in [2.05, 4.69) is 10.1 Å². The van der Waals surface area contributed by atoms with Crippen molar-refractivity contribution < 1.29 is 23.4 Å². The molecule has 1 unspecified atom stereocenters. The Balaban J connectivity index is 1.99. The Bertz CT molecular complexity index is 623. The lowest BCUT2D eigenvalue weighted by molar-refractivity contribution is -0.193. The van der Waals surface area contributed by atoms with Gasteiger partial charge in [-0.3, -0.25) is 0 Å². The van der Waals surface area contributed by atoms with Gasteiger partial charge in [-0.05, 0) is 12.1 Å². The van der Waals surface area contributed by atoms with Crippen LogP contribution in [0.1, 0.15) is 5.56 Å². The van der Waals surface area contributed by atoms with Gasteiger partial charge in [0.1, 0.15) is 36.9 Å². The average molecular weight is 297 g/mol. The maximum atomic E-state index is 14.1. The third-order valence-electron chi connectivity index (χ3n) is 3.24. The lowest BCUT2D eigenvalue weighted by Gasteiger charge is -2.28. The number of aromatic nitrogens is 3. The molecule has 1 N–H and O–H groups in total. The summed E-state index contributed by atoms with van der Waals surface area (Å²) in [4.78, 5) is 3.80. The van der Waals surface area contributed by atoms with Gasteiger partial charge in [0.25, 0.3) is 0 Å². The molecule has 2 heterocycles. The number of aliphatic hydroxyl groups is 1. The topological polar surface area (TPSA) is 69.4 Å². The molecule has 1 aliphatic rings. The van der Waals surface area contributed by atoms with E-state index in [0.29, 0.717) is 0 Å². The van der Waals surface area contributed by atoms with Crippen LogP contribution >= 0.6 is 0 Å². The Kier molecular flexibility index (Phi) is 3.66. The van der Waals surface area contributed by atoms with Crippen molar-refractivity contribution in [2.45, 2.75) is 18.4 Å². The van der Waals surface area contributed by atoms with Crippen molar-refractivity contribution in [1.29, 1.82) is 0 Å². The quantitative estimate of drug-likeness (QED) is 0.904. The number of hydrogen-bond acceptors (Lipinski definition) is 5. The van der Waals surface area contributed by atoms with Crippen molar-refractivity contribution in [3.8, 4) is 0 Å². The first-order chi connectivity index (χ1) is 10.1. The third-order valence-corrected chi connectivity index (χ3v) is 3.24. The summed E-state index contributed by atoms with van der Waals surface area (Å²) in [5.74, 6) is -2.95. The summed E-state index contributed by atoms with van der Waals surface area (Å²) in [5, 5.41) is 13.1. The molecule has 21 heavy (non-hydrogen) atoms. The van der Waals surface area contributed by atoms with Crippen molar-refractivity contribution in [3.63, 3.8) is 0 Å². The van der Waals surface area contributed by atoms with Crippen LogP contribution in [-0.4, -0.2) is 39.2 Å². The van der Waals surface area contributed by atoms with E-state index in [0.717, 1.165) is 12.1 Å². The van der Waals surface area contributed by atoms with Crippen LogP contribution in [-0.2, 0) is 21.8 Å². The maximum absolute atomic E-state index is 14.1. The third kappa shape index (κ3) is 2.65. The molecule has 8 heteroatoms.